The lowest BCUT2D eigenvalue weighted by molar-refractivity contribution is -0.164. The Hall–Kier alpha value is -0.530. The van der Waals surface area contributed by atoms with Crippen LogP contribution in [0, 0.1) is 23.7 Å². The van der Waals surface area contributed by atoms with Crippen molar-refractivity contribution >= 4 is 5.97 Å². The Labute approximate surface area is 79.7 Å². The van der Waals surface area contributed by atoms with Gasteiger partial charge >= 0.3 is 5.97 Å². The van der Waals surface area contributed by atoms with E-state index in [-0.39, 0.29) is 11.9 Å². The third-order valence-electron chi connectivity index (χ3n) is 3.69. The maximum absolute atomic E-state index is 11.5. The Morgan fingerprint density at radius 3 is 2.85 bits per heavy atom. The molecule has 13 heavy (non-hydrogen) atoms. The minimum Gasteiger partial charge on any atom is -0.465 e. The van der Waals surface area contributed by atoms with Crippen LogP contribution in [0.4, 0.5) is 0 Å². The predicted octanol–water partition coefficient (Wildman–Crippen LogP) is 2.23. The number of esters is 1. The van der Waals surface area contributed by atoms with Crippen molar-refractivity contribution in [1.29, 1.82) is 0 Å². The fourth-order valence-corrected chi connectivity index (χ4v) is 2.80. The molecule has 1 saturated carbocycles. The summed E-state index contributed by atoms with van der Waals surface area (Å²) >= 11 is 0. The first-order chi connectivity index (χ1) is 6.18. The molecule has 0 aromatic heterocycles. The molecule has 1 aliphatic carbocycles. The van der Waals surface area contributed by atoms with E-state index in [1.54, 1.807) is 0 Å². The Balaban J connectivity index is 2.11. The van der Waals surface area contributed by atoms with Crippen LogP contribution in [0.5, 0.6) is 0 Å². The van der Waals surface area contributed by atoms with E-state index in [0.717, 1.165) is 6.42 Å². The smallest absolute Gasteiger partial charge is 0.309 e. The predicted molar refractivity (Wildman–Crippen MR) is 50.1 cm³/mol. The minimum absolute atomic E-state index is 0.0645. The van der Waals surface area contributed by atoms with Crippen molar-refractivity contribution in [2.45, 2.75) is 33.1 Å². The van der Waals surface area contributed by atoms with Crippen LogP contribution in [0.15, 0.2) is 0 Å². The van der Waals surface area contributed by atoms with Crippen LogP contribution >= 0.6 is 0 Å². The zero-order valence-corrected chi connectivity index (χ0v) is 8.45. The van der Waals surface area contributed by atoms with Gasteiger partial charge in [-0.05, 0) is 30.6 Å². The first-order valence-electron chi connectivity index (χ1n) is 5.35. The molecule has 2 nitrogen and oxygen atoms in total. The van der Waals surface area contributed by atoms with Crippen molar-refractivity contribution < 1.29 is 9.53 Å². The summed E-state index contributed by atoms with van der Waals surface area (Å²) < 4.78 is 5.17. The molecule has 0 bridgehead atoms. The molecule has 0 radical (unpaired) electrons. The molecular formula is C11H18O2. The van der Waals surface area contributed by atoms with Gasteiger partial charge in [0, 0.05) is 0 Å². The molecular weight excluding hydrogens is 164 g/mol. The minimum atomic E-state index is 0.0645. The van der Waals surface area contributed by atoms with Crippen molar-refractivity contribution in [2.24, 2.45) is 23.7 Å². The quantitative estimate of drug-likeness (QED) is 0.537. The van der Waals surface area contributed by atoms with E-state index in [9.17, 15) is 4.79 Å². The largest absolute Gasteiger partial charge is 0.465 e. The maximum Gasteiger partial charge on any atom is 0.309 e. The first-order valence-corrected chi connectivity index (χ1v) is 5.35. The third-order valence-corrected chi connectivity index (χ3v) is 3.69. The van der Waals surface area contributed by atoms with E-state index < -0.39 is 0 Å². The SMILES string of the molecule is CC1CCC2C(C)COC(=O)C2C1. The molecule has 4 unspecified atom stereocenters. The zero-order chi connectivity index (χ0) is 9.42. The Morgan fingerprint density at radius 2 is 2.08 bits per heavy atom. The van der Waals surface area contributed by atoms with Crippen molar-refractivity contribution in [1.82, 2.24) is 0 Å². The van der Waals surface area contributed by atoms with E-state index >= 15 is 0 Å². The second kappa shape index (κ2) is 3.32. The van der Waals surface area contributed by atoms with Crippen molar-refractivity contribution in [3.8, 4) is 0 Å². The fourth-order valence-electron chi connectivity index (χ4n) is 2.80. The summed E-state index contributed by atoms with van der Waals surface area (Å²) in [7, 11) is 0. The number of carbonyl (C=O) groups is 1. The summed E-state index contributed by atoms with van der Waals surface area (Å²) in [6, 6.07) is 0. The van der Waals surface area contributed by atoms with Gasteiger partial charge in [-0.25, -0.2) is 0 Å². The highest BCUT2D eigenvalue weighted by Gasteiger charge is 2.41. The summed E-state index contributed by atoms with van der Waals surface area (Å²) in [4.78, 5) is 11.5. The molecule has 2 rings (SSSR count). The summed E-state index contributed by atoms with van der Waals surface area (Å²) in [5.41, 5.74) is 0. The maximum atomic E-state index is 11.5. The van der Waals surface area contributed by atoms with E-state index in [1.807, 2.05) is 0 Å². The molecule has 2 aliphatic rings. The van der Waals surface area contributed by atoms with Crippen LogP contribution in [0.2, 0.25) is 0 Å². The fraction of sp³-hybridized carbons (Fsp3) is 0.909. The van der Waals surface area contributed by atoms with Crippen molar-refractivity contribution in [3.05, 3.63) is 0 Å². The molecule has 0 aromatic rings. The van der Waals surface area contributed by atoms with Crippen LogP contribution in [0.25, 0.3) is 0 Å². The van der Waals surface area contributed by atoms with Crippen molar-refractivity contribution in [3.63, 3.8) is 0 Å². The van der Waals surface area contributed by atoms with E-state index in [4.69, 9.17) is 4.74 Å². The molecule has 2 fully saturated rings. The van der Waals surface area contributed by atoms with E-state index in [0.29, 0.717) is 24.4 Å². The molecule has 0 aromatic carbocycles. The van der Waals surface area contributed by atoms with Crippen LogP contribution in [-0.4, -0.2) is 12.6 Å². The average molecular weight is 182 g/mol. The van der Waals surface area contributed by atoms with Crippen LogP contribution in [0.3, 0.4) is 0 Å². The van der Waals surface area contributed by atoms with E-state index in [1.165, 1.54) is 12.8 Å². The standard InChI is InChI=1S/C11H18O2/c1-7-3-4-9-8(2)6-13-11(12)10(9)5-7/h7-10H,3-6H2,1-2H3. The van der Waals surface area contributed by atoms with Crippen LogP contribution < -0.4 is 0 Å². The molecule has 2 heteroatoms. The number of hydrogen-bond donors (Lipinski definition) is 0. The number of rotatable bonds is 0. The molecule has 0 N–H and O–H groups in total. The first kappa shape index (κ1) is 9.04. The highest BCUT2D eigenvalue weighted by molar-refractivity contribution is 5.73. The van der Waals surface area contributed by atoms with Gasteiger partial charge in [0.25, 0.3) is 0 Å². The Morgan fingerprint density at radius 1 is 1.31 bits per heavy atom. The Bertz CT molecular complexity index is 212. The highest BCUT2D eigenvalue weighted by Crippen LogP contribution is 2.41. The van der Waals surface area contributed by atoms with Gasteiger partial charge in [0.2, 0.25) is 0 Å². The summed E-state index contributed by atoms with van der Waals surface area (Å²) in [6.45, 7) is 5.09. The molecule has 0 spiro atoms. The number of hydrogen-bond acceptors (Lipinski definition) is 2. The Kier molecular flexibility index (Phi) is 2.31. The lowest BCUT2D eigenvalue weighted by Crippen LogP contribution is -2.41. The summed E-state index contributed by atoms with van der Waals surface area (Å²) in [5, 5.41) is 0. The van der Waals surface area contributed by atoms with Crippen LogP contribution in [-0.2, 0) is 9.53 Å². The number of ether oxygens (including phenoxy) is 1. The van der Waals surface area contributed by atoms with Gasteiger partial charge < -0.3 is 4.74 Å². The van der Waals surface area contributed by atoms with E-state index in [2.05, 4.69) is 13.8 Å². The number of fused-ring (bicyclic) bond motifs is 1. The molecule has 1 saturated heterocycles. The number of carbonyl (C=O) groups excluding carboxylic acids is 1. The summed E-state index contributed by atoms with van der Waals surface area (Å²) in [6.07, 6.45) is 3.56. The van der Waals surface area contributed by atoms with Gasteiger partial charge in [-0.3, -0.25) is 4.79 Å². The average Bonchev–Trinajstić information content (AvgIpc) is 2.12. The topological polar surface area (TPSA) is 26.3 Å². The van der Waals surface area contributed by atoms with Crippen LogP contribution in [0.1, 0.15) is 33.1 Å². The van der Waals surface area contributed by atoms with Gasteiger partial charge in [0.05, 0.1) is 12.5 Å². The normalized spacial score (nSPS) is 45.2. The third kappa shape index (κ3) is 1.59. The molecule has 1 aliphatic heterocycles. The lowest BCUT2D eigenvalue weighted by atomic mass is 9.69. The monoisotopic (exact) mass is 182 g/mol. The molecule has 0 amide bonds. The van der Waals surface area contributed by atoms with Crippen molar-refractivity contribution in [2.75, 3.05) is 6.61 Å². The lowest BCUT2D eigenvalue weighted by Gasteiger charge is -2.40. The van der Waals surface area contributed by atoms with Gasteiger partial charge in [-0.2, -0.15) is 0 Å². The summed E-state index contributed by atoms with van der Waals surface area (Å²) in [5.74, 6) is 2.17. The second-order valence-electron chi connectivity index (χ2n) is 4.80. The molecule has 4 atom stereocenters. The van der Waals surface area contributed by atoms with Gasteiger partial charge in [-0.1, -0.05) is 20.3 Å². The number of cyclic esters (lactones) is 1. The van der Waals surface area contributed by atoms with Gasteiger partial charge in [0.15, 0.2) is 0 Å². The second-order valence-corrected chi connectivity index (χ2v) is 4.80. The molecule has 74 valence electrons. The van der Waals surface area contributed by atoms with Gasteiger partial charge in [0.1, 0.15) is 0 Å². The molecule has 1 heterocycles. The zero-order valence-electron chi connectivity index (χ0n) is 8.45. The van der Waals surface area contributed by atoms with Gasteiger partial charge in [-0.15, -0.1) is 0 Å². The highest BCUT2D eigenvalue weighted by atomic mass is 16.5.